The average molecular weight is 467 g/mol. The summed E-state index contributed by atoms with van der Waals surface area (Å²) in [5.41, 5.74) is 6.87. The molecule has 1 fully saturated rings. The SMILES string of the molecule is OC1(c2cnc3ccccc3c2)CCN(CC23CC(c4ccccc42)c2ccc(Cl)cc23)CC1. The molecule has 0 amide bonds. The molecular formula is C30H27ClN2O. The molecule has 1 aliphatic heterocycles. The van der Waals surface area contributed by atoms with Gasteiger partial charge in [0.05, 0.1) is 11.1 Å². The van der Waals surface area contributed by atoms with Crippen molar-refractivity contribution in [2.24, 2.45) is 0 Å². The molecule has 2 unspecified atom stereocenters. The van der Waals surface area contributed by atoms with E-state index in [1.165, 1.54) is 22.3 Å². The van der Waals surface area contributed by atoms with Crippen LogP contribution in [0.25, 0.3) is 10.9 Å². The summed E-state index contributed by atoms with van der Waals surface area (Å²) < 4.78 is 0. The lowest BCUT2D eigenvalue weighted by Crippen LogP contribution is -2.47. The van der Waals surface area contributed by atoms with E-state index in [0.717, 1.165) is 60.4 Å². The number of nitrogens with zero attached hydrogens (tertiary/aromatic N) is 2. The second kappa shape index (κ2) is 7.39. The van der Waals surface area contributed by atoms with Gasteiger partial charge in [0, 0.05) is 53.1 Å². The van der Waals surface area contributed by atoms with E-state index < -0.39 is 5.60 Å². The van der Waals surface area contributed by atoms with E-state index in [9.17, 15) is 5.11 Å². The number of rotatable bonds is 3. The monoisotopic (exact) mass is 466 g/mol. The van der Waals surface area contributed by atoms with Crippen LogP contribution in [0, 0.1) is 0 Å². The Hall–Kier alpha value is -2.72. The van der Waals surface area contributed by atoms with Crippen molar-refractivity contribution in [3.05, 3.63) is 112 Å². The fraction of sp³-hybridized carbons (Fsp3) is 0.300. The second-order valence-electron chi connectivity index (χ2n) is 10.4. The molecule has 0 saturated carbocycles. The smallest absolute Gasteiger partial charge is 0.0935 e. The van der Waals surface area contributed by atoms with Crippen molar-refractivity contribution < 1.29 is 5.11 Å². The van der Waals surface area contributed by atoms with Gasteiger partial charge in [0.15, 0.2) is 0 Å². The van der Waals surface area contributed by atoms with Gasteiger partial charge in [-0.3, -0.25) is 4.98 Å². The lowest BCUT2D eigenvalue weighted by molar-refractivity contribution is -0.0290. The quantitative estimate of drug-likeness (QED) is 0.402. The standard InChI is InChI=1S/C30H27ClN2O/c31-22-9-10-24-25-17-29(27(24)16-22,26-7-3-2-6-23(25)26)19-33-13-11-30(34,12-14-33)21-15-20-5-1-4-8-28(20)32-18-21/h1-10,15-16,18,25,34H,11-14,17,19H2. The molecule has 2 aliphatic carbocycles. The summed E-state index contributed by atoms with van der Waals surface area (Å²) in [7, 11) is 0. The number of likely N-dealkylation sites (tertiary alicyclic amines) is 1. The average Bonchev–Trinajstić information content (AvgIpc) is 3.37. The first kappa shape index (κ1) is 20.6. The van der Waals surface area contributed by atoms with Gasteiger partial charge < -0.3 is 10.0 Å². The van der Waals surface area contributed by atoms with E-state index in [2.05, 4.69) is 58.4 Å². The van der Waals surface area contributed by atoms with E-state index >= 15 is 0 Å². The Balaban J connectivity index is 1.18. The first-order chi connectivity index (χ1) is 16.6. The lowest BCUT2D eigenvalue weighted by Gasteiger charge is -2.42. The minimum atomic E-state index is -0.821. The number of para-hydroxylation sites is 1. The summed E-state index contributed by atoms with van der Waals surface area (Å²) in [5.74, 6) is 0.467. The number of halogens is 1. The maximum Gasteiger partial charge on any atom is 0.0935 e. The Bertz CT molecular complexity index is 1420. The minimum absolute atomic E-state index is 0.0124. The molecule has 34 heavy (non-hydrogen) atoms. The van der Waals surface area contributed by atoms with Crippen LogP contribution in [0.5, 0.6) is 0 Å². The van der Waals surface area contributed by atoms with E-state index in [-0.39, 0.29) is 5.41 Å². The van der Waals surface area contributed by atoms with Crippen molar-refractivity contribution in [1.29, 1.82) is 0 Å². The van der Waals surface area contributed by atoms with Crippen molar-refractivity contribution in [2.45, 2.75) is 36.2 Å². The summed E-state index contributed by atoms with van der Waals surface area (Å²) in [6, 6.07) is 25.7. The molecule has 1 saturated heterocycles. The Morgan fingerprint density at radius 3 is 2.56 bits per heavy atom. The topological polar surface area (TPSA) is 36.4 Å². The van der Waals surface area contributed by atoms with Crippen molar-refractivity contribution in [3.63, 3.8) is 0 Å². The van der Waals surface area contributed by atoms with Gasteiger partial charge in [0.1, 0.15) is 0 Å². The number of fused-ring (bicyclic) bond motifs is 9. The third kappa shape index (κ3) is 2.94. The molecule has 3 aliphatic rings. The summed E-state index contributed by atoms with van der Waals surface area (Å²) in [6.07, 6.45) is 4.42. The molecule has 1 N–H and O–H groups in total. The Kier molecular flexibility index (Phi) is 4.48. The molecule has 2 heterocycles. The number of piperidine rings is 1. The molecular weight excluding hydrogens is 440 g/mol. The Labute approximate surface area is 205 Å². The summed E-state index contributed by atoms with van der Waals surface area (Å²) in [5, 5.41) is 13.5. The van der Waals surface area contributed by atoms with Crippen LogP contribution >= 0.6 is 11.6 Å². The third-order valence-electron chi connectivity index (χ3n) is 8.62. The molecule has 7 rings (SSSR count). The fourth-order valence-electron chi connectivity index (χ4n) is 6.90. The van der Waals surface area contributed by atoms with E-state index in [0.29, 0.717) is 5.92 Å². The first-order valence-corrected chi connectivity index (χ1v) is 12.6. The number of pyridine rings is 1. The maximum absolute atomic E-state index is 11.6. The number of hydrogen-bond acceptors (Lipinski definition) is 3. The van der Waals surface area contributed by atoms with Crippen LogP contribution in [0.15, 0.2) is 79.0 Å². The van der Waals surface area contributed by atoms with Crippen LogP contribution < -0.4 is 0 Å². The highest BCUT2D eigenvalue weighted by atomic mass is 35.5. The lowest BCUT2D eigenvalue weighted by atomic mass is 9.74. The molecule has 3 aromatic carbocycles. The fourth-order valence-corrected chi connectivity index (χ4v) is 7.07. The molecule has 4 heteroatoms. The van der Waals surface area contributed by atoms with Gasteiger partial charge in [0.2, 0.25) is 0 Å². The zero-order valence-electron chi connectivity index (χ0n) is 19.0. The summed E-state index contributed by atoms with van der Waals surface area (Å²) in [4.78, 5) is 7.16. The normalized spacial score (nSPS) is 24.8. The summed E-state index contributed by atoms with van der Waals surface area (Å²) >= 11 is 6.49. The third-order valence-corrected chi connectivity index (χ3v) is 8.85. The zero-order chi connectivity index (χ0) is 22.9. The number of aliphatic hydroxyl groups is 1. The highest BCUT2D eigenvalue weighted by Crippen LogP contribution is 2.60. The van der Waals surface area contributed by atoms with Gasteiger partial charge in [0.25, 0.3) is 0 Å². The number of aromatic nitrogens is 1. The van der Waals surface area contributed by atoms with Crippen molar-refractivity contribution in [1.82, 2.24) is 9.88 Å². The van der Waals surface area contributed by atoms with Crippen LogP contribution in [0.3, 0.4) is 0 Å². The largest absolute Gasteiger partial charge is 0.385 e. The van der Waals surface area contributed by atoms with Crippen LogP contribution in [0.1, 0.15) is 53.0 Å². The van der Waals surface area contributed by atoms with E-state index in [4.69, 9.17) is 11.6 Å². The van der Waals surface area contributed by atoms with Gasteiger partial charge >= 0.3 is 0 Å². The highest BCUT2D eigenvalue weighted by molar-refractivity contribution is 6.30. The van der Waals surface area contributed by atoms with Crippen LogP contribution in [-0.2, 0) is 11.0 Å². The molecule has 2 bridgehead atoms. The predicted molar refractivity (Wildman–Crippen MR) is 136 cm³/mol. The maximum atomic E-state index is 11.6. The molecule has 0 radical (unpaired) electrons. The van der Waals surface area contributed by atoms with E-state index in [1.807, 2.05) is 30.5 Å². The van der Waals surface area contributed by atoms with Crippen molar-refractivity contribution in [2.75, 3.05) is 19.6 Å². The van der Waals surface area contributed by atoms with Gasteiger partial charge in [-0.2, -0.15) is 0 Å². The zero-order valence-corrected chi connectivity index (χ0v) is 19.8. The van der Waals surface area contributed by atoms with E-state index in [1.54, 1.807) is 0 Å². The van der Waals surface area contributed by atoms with Gasteiger partial charge in [-0.25, -0.2) is 0 Å². The molecule has 170 valence electrons. The highest BCUT2D eigenvalue weighted by Gasteiger charge is 2.53. The van der Waals surface area contributed by atoms with Gasteiger partial charge in [-0.1, -0.05) is 60.1 Å². The van der Waals surface area contributed by atoms with Crippen LogP contribution in [-0.4, -0.2) is 34.6 Å². The Morgan fingerprint density at radius 2 is 1.68 bits per heavy atom. The van der Waals surface area contributed by atoms with Crippen LogP contribution in [0.4, 0.5) is 0 Å². The second-order valence-corrected chi connectivity index (χ2v) is 10.8. The summed E-state index contributed by atoms with van der Waals surface area (Å²) in [6.45, 7) is 2.71. The number of hydrogen-bond donors (Lipinski definition) is 1. The molecule has 4 aromatic rings. The van der Waals surface area contributed by atoms with Gasteiger partial charge in [-0.05, 0) is 65.8 Å². The molecule has 1 aromatic heterocycles. The van der Waals surface area contributed by atoms with Gasteiger partial charge in [-0.15, -0.1) is 0 Å². The molecule has 0 spiro atoms. The predicted octanol–water partition coefficient (Wildman–Crippen LogP) is 6.01. The minimum Gasteiger partial charge on any atom is -0.385 e. The van der Waals surface area contributed by atoms with Crippen molar-refractivity contribution in [3.8, 4) is 0 Å². The molecule has 3 nitrogen and oxygen atoms in total. The Morgan fingerprint density at radius 1 is 0.912 bits per heavy atom. The van der Waals surface area contributed by atoms with Crippen LogP contribution in [0.2, 0.25) is 5.02 Å². The van der Waals surface area contributed by atoms with Crippen molar-refractivity contribution >= 4 is 22.5 Å². The first-order valence-electron chi connectivity index (χ1n) is 12.3. The number of benzene rings is 3. The molecule has 2 atom stereocenters.